The first kappa shape index (κ1) is 21.0. The molecule has 0 heterocycles. The van der Waals surface area contributed by atoms with Crippen LogP contribution in [0.25, 0.3) is 0 Å². The maximum Gasteiger partial charge on any atom is 0.405 e. The smallest absolute Gasteiger partial charge is 0.325 e. The molecular formula is C10H25NO5P2S2. The predicted octanol–water partition coefficient (Wildman–Crippen LogP) is 3.79. The zero-order valence-corrected chi connectivity index (χ0v) is 15.9. The number of hydrogen-bond acceptors (Lipinski definition) is 7. The van der Waals surface area contributed by atoms with Crippen LogP contribution >= 0.6 is 24.8 Å². The van der Waals surface area contributed by atoms with Crippen molar-refractivity contribution in [1.82, 2.24) is 5.09 Å². The van der Waals surface area contributed by atoms with E-state index in [0.717, 1.165) is 12.8 Å². The molecule has 0 aromatic rings. The van der Waals surface area contributed by atoms with Crippen molar-refractivity contribution in [2.45, 2.75) is 26.7 Å². The standard InChI is InChI=1S/C10H25NO5P2S2/c1-5-8-15-17(12,16-9-6-2)11-7-10-20-18(19,13-3)14-4/h5-10H2,1-4H3,(H,11,12). The van der Waals surface area contributed by atoms with Crippen LogP contribution in [0.2, 0.25) is 0 Å². The van der Waals surface area contributed by atoms with Gasteiger partial charge in [-0.3, -0.25) is 9.05 Å². The first-order chi connectivity index (χ1) is 9.45. The maximum atomic E-state index is 12.4. The molecule has 10 heteroatoms. The van der Waals surface area contributed by atoms with Gasteiger partial charge in [-0.15, -0.1) is 0 Å². The average Bonchev–Trinajstić information content (AvgIpc) is 2.47. The summed E-state index contributed by atoms with van der Waals surface area (Å²) in [7, 11) is -0.154. The minimum absolute atomic E-state index is 0.398. The highest BCUT2D eigenvalue weighted by Crippen LogP contribution is 2.59. The Kier molecular flexibility index (Phi) is 12.2. The second-order valence-electron chi connectivity index (χ2n) is 3.72. The van der Waals surface area contributed by atoms with E-state index in [1.54, 1.807) is 0 Å². The third-order valence-electron chi connectivity index (χ3n) is 2.03. The number of nitrogens with one attached hydrogen (secondary N) is 1. The van der Waals surface area contributed by atoms with Gasteiger partial charge in [-0.2, -0.15) is 0 Å². The van der Waals surface area contributed by atoms with Crippen LogP contribution in [-0.4, -0.2) is 39.7 Å². The van der Waals surface area contributed by atoms with Crippen LogP contribution in [0, 0.1) is 0 Å². The Labute approximate surface area is 131 Å². The SMILES string of the molecule is CCCOP(=O)(NCCSP(=S)(OC)OC)OCCC. The Bertz CT molecular complexity index is 326. The topological polar surface area (TPSA) is 66.0 Å². The zero-order chi connectivity index (χ0) is 15.5. The molecule has 0 spiro atoms. The molecule has 20 heavy (non-hydrogen) atoms. The minimum Gasteiger partial charge on any atom is -0.325 e. The molecule has 0 saturated carbocycles. The molecule has 0 amide bonds. The lowest BCUT2D eigenvalue weighted by molar-refractivity contribution is 0.196. The monoisotopic (exact) mass is 365 g/mol. The molecule has 0 aromatic carbocycles. The highest BCUT2D eigenvalue weighted by Gasteiger charge is 2.24. The lowest BCUT2D eigenvalue weighted by Gasteiger charge is -2.20. The normalized spacial score (nSPS) is 12.8. The van der Waals surface area contributed by atoms with Crippen LogP contribution in [0.1, 0.15) is 26.7 Å². The van der Waals surface area contributed by atoms with Gasteiger partial charge in [-0.05, 0) is 24.6 Å². The van der Waals surface area contributed by atoms with Gasteiger partial charge in [0.05, 0.1) is 13.2 Å². The molecule has 122 valence electrons. The summed E-state index contributed by atoms with van der Waals surface area (Å²) in [5, 5.41) is 2.84. The Morgan fingerprint density at radius 1 is 1.10 bits per heavy atom. The van der Waals surface area contributed by atoms with Crippen LogP contribution in [0.15, 0.2) is 0 Å². The van der Waals surface area contributed by atoms with Gasteiger partial charge in [0.1, 0.15) is 0 Å². The van der Waals surface area contributed by atoms with Gasteiger partial charge >= 0.3 is 7.75 Å². The molecule has 0 aliphatic heterocycles. The van der Waals surface area contributed by atoms with E-state index < -0.39 is 13.4 Å². The molecule has 0 bridgehead atoms. The number of rotatable bonds is 13. The molecule has 0 rings (SSSR count). The highest BCUT2D eigenvalue weighted by molar-refractivity contribution is 8.67. The van der Waals surface area contributed by atoms with Crippen molar-refractivity contribution < 1.29 is 22.7 Å². The molecule has 0 saturated heterocycles. The molecule has 1 N–H and O–H groups in total. The Morgan fingerprint density at radius 2 is 1.60 bits per heavy atom. The Balaban J connectivity index is 4.19. The summed E-state index contributed by atoms with van der Waals surface area (Å²) < 4.78 is 33.3. The highest BCUT2D eigenvalue weighted by atomic mass is 32.9. The molecule has 0 aliphatic carbocycles. The van der Waals surface area contributed by atoms with Gasteiger partial charge in [0.25, 0.3) is 0 Å². The molecule has 0 fully saturated rings. The fraction of sp³-hybridized carbons (Fsp3) is 1.00. The predicted molar refractivity (Wildman–Crippen MR) is 88.9 cm³/mol. The summed E-state index contributed by atoms with van der Waals surface area (Å²) in [5.74, 6) is 0.605. The first-order valence-corrected chi connectivity index (χ1v) is 12.2. The molecule has 6 nitrogen and oxygen atoms in total. The van der Waals surface area contributed by atoms with Crippen LogP contribution < -0.4 is 5.09 Å². The van der Waals surface area contributed by atoms with Crippen LogP contribution in [-0.2, 0) is 34.5 Å². The summed E-state index contributed by atoms with van der Waals surface area (Å²) in [6.45, 7) is 5.14. The van der Waals surface area contributed by atoms with Gasteiger partial charge < -0.3 is 9.05 Å². The zero-order valence-electron chi connectivity index (χ0n) is 12.5. The third-order valence-corrected chi connectivity index (χ3v) is 9.52. The van der Waals surface area contributed by atoms with E-state index in [1.165, 1.54) is 25.6 Å². The van der Waals surface area contributed by atoms with E-state index >= 15 is 0 Å². The fourth-order valence-corrected chi connectivity index (χ4v) is 5.74. The van der Waals surface area contributed by atoms with Crippen molar-refractivity contribution in [1.29, 1.82) is 0 Å². The summed E-state index contributed by atoms with van der Waals surface area (Å²) in [4.78, 5) is 0. The minimum atomic E-state index is -3.22. The molecule has 0 unspecified atom stereocenters. The van der Waals surface area contributed by atoms with E-state index in [1.807, 2.05) is 13.8 Å². The quantitative estimate of drug-likeness (QED) is 0.391. The maximum absolute atomic E-state index is 12.4. The van der Waals surface area contributed by atoms with Crippen molar-refractivity contribution in [2.24, 2.45) is 0 Å². The second-order valence-corrected chi connectivity index (χ2v) is 12.2. The Hall–Kier alpha value is 1.03. The van der Waals surface area contributed by atoms with Crippen molar-refractivity contribution in [3.05, 3.63) is 0 Å². The molecule has 0 atom stereocenters. The Morgan fingerprint density at radius 3 is 2.00 bits per heavy atom. The van der Waals surface area contributed by atoms with Crippen molar-refractivity contribution in [3.63, 3.8) is 0 Å². The molecule has 0 aromatic heterocycles. The summed E-state index contributed by atoms with van der Waals surface area (Å²) in [5.41, 5.74) is -2.27. The van der Waals surface area contributed by atoms with Crippen molar-refractivity contribution in [3.8, 4) is 0 Å². The van der Waals surface area contributed by atoms with E-state index in [4.69, 9.17) is 29.9 Å². The number of hydrogen-bond donors (Lipinski definition) is 1. The molecule has 0 aliphatic rings. The van der Waals surface area contributed by atoms with Crippen LogP contribution in [0.5, 0.6) is 0 Å². The van der Waals surface area contributed by atoms with Gasteiger partial charge in [0.2, 0.25) is 5.69 Å². The van der Waals surface area contributed by atoms with Crippen molar-refractivity contribution in [2.75, 3.05) is 39.7 Å². The van der Waals surface area contributed by atoms with Crippen LogP contribution in [0.4, 0.5) is 0 Å². The summed E-state index contributed by atoms with van der Waals surface area (Å²) in [6, 6.07) is 0. The van der Waals surface area contributed by atoms with E-state index in [2.05, 4.69) is 5.09 Å². The van der Waals surface area contributed by atoms with Crippen LogP contribution in [0.3, 0.4) is 0 Å². The molecule has 0 radical (unpaired) electrons. The first-order valence-electron chi connectivity index (χ1n) is 6.45. The largest absolute Gasteiger partial charge is 0.405 e. The van der Waals surface area contributed by atoms with Gasteiger partial charge in [0, 0.05) is 26.5 Å². The van der Waals surface area contributed by atoms with Crippen molar-refractivity contribution >= 4 is 36.6 Å². The average molecular weight is 365 g/mol. The van der Waals surface area contributed by atoms with Gasteiger partial charge in [-0.25, -0.2) is 9.65 Å². The lowest BCUT2D eigenvalue weighted by atomic mass is 10.5. The third kappa shape index (κ3) is 9.13. The molecular weight excluding hydrogens is 340 g/mol. The lowest BCUT2D eigenvalue weighted by Crippen LogP contribution is -2.18. The van der Waals surface area contributed by atoms with E-state index in [-0.39, 0.29) is 0 Å². The van der Waals surface area contributed by atoms with E-state index in [9.17, 15) is 4.57 Å². The summed E-state index contributed by atoms with van der Waals surface area (Å²) in [6.07, 6.45) is 1.56. The summed E-state index contributed by atoms with van der Waals surface area (Å²) >= 11 is 6.62. The van der Waals surface area contributed by atoms with Gasteiger partial charge in [0.15, 0.2) is 0 Å². The fourth-order valence-electron chi connectivity index (χ4n) is 1.07. The van der Waals surface area contributed by atoms with E-state index in [0.29, 0.717) is 25.5 Å². The van der Waals surface area contributed by atoms with Gasteiger partial charge in [-0.1, -0.05) is 25.2 Å². The second kappa shape index (κ2) is 11.6.